The molecule has 7 heteroatoms. The van der Waals surface area contributed by atoms with E-state index in [1.807, 2.05) is 27.7 Å². The van der Waals surface area contributed by atoms with E-state index in [0.29, 0.717) is 0 Å². The molecule has 1 heterocycles. The van der Waals surface area contributed by atoms with E-state index in [9.17, 15) is 9.59 Å². The van der Waals surface area contributed by atoms with Crippen LogP contribution in [-0.2, 0) is 18.9 Å². The molecular formula is C11H21BN2O4. The number of primary amides is 1. The second kappa shape index (κ2) is 4.89. The predicted molar refractivity (Wildman–Crippen MR) is 67.5 cm³/mol. The highest BCUT2D eigenvalue weighted by Gasteiger charge is 2.54. The van der Waals surface area contributed by atoms with Gasteiger partial charge in [-0.15, -0.1) is 0 Å². The zero-order valence-corrected chi connectivity index (χ0v) is 11.6. The maximum absolute atomic E-state index is 11.1. The minimum absolute atomic E-state index is 0.0175. The lowest BCUT2D eigenvalue weighted by atomic mass is 9.76. The van der Waals surface area contributed by atoms with E-state index in [2.05, 4.69) is 5.32 Å². The highest BCUT2D eigenvalue weighted by atomic mass is 16.7. The third-order valence-corrected chi connectivity index (χ3v) is 3.41. The standard InChI is InChI=1S/C11H21BN2O4/c1-7(15)14-8(6-9(13)16)12-17-10(2,3)11(4,5)18-12/h8H,6H2,1-5H3,(H2,13,16)(H,14,15)/t8-/m1/s1. The molecule has 0 unspecified atom stereocenters. The molecule has 1 atom stereocenters. The molecule has 0 aromatic rings. The molecule has 0 aromatic heterocycles. The highest BCUT2D eigenvalue weighted by molar-refractivity contribution is 6.48. The summed E-state index contributed by atoms with van der Waals surface area (Å²) in [7, 11) is -0.675. The summed E-state index contributed by atoms with van der Waals surface area (Å²) in [4.78, 5) is 22.2. The normalized spacial score (nSPS) is 22.6. The lowest BCUT2D eigenvalue weighted by Crippen LogP contribution is -2.49. The summed E-state index contributed by atoms with van der Waals surface area (Å²) in [6.07, 6.45) is -0.0175. The summed E-state index contributed by atoms with van der Waals surface area (Å²) in [5.41, 5.74) is 4.15. The number of carbonyl (C=O) groups excluding carboxylic acids is 2. The molecule has 0 bridgehead atoms. The van der Waals surface area contributed by atoms with Crippen LogP contribution in [0, 0.1) is 0 Å². The summed E-state index contributed by atoms with van der Waals surface area (Å²) in [5.74, 6) is -1.33. The van der Waals surface area contributed by atoms with Gasteiger partial charge in [-0.3, -0.25) is 9.59 Å². The Morgan fingerprint density at radius 2 is 1.67 bits per heavy atom. The summed E-state index contributed by atoms with van der Waals surface area (Å²) in [6.45, 7) is 8.99. The molecule has 0 saturated carbocycles. The fraction of sp³-hybridized carbons (Fsp3) is 0.818. The second-order valence-corrected chi connectivity index (χ2v) is 5.60. The van der Waals surface area contributed by atoms with Crippen LogP contribution in [0.1, 0.15) is 41.0 Å². The van der Waals surface area contributed by atoms with Gasteiger partial charge in [0.25, 0.3) is 0 Å². The van der Waals surface area contributed by atoms with E-state index >= 15 is 0 Å². The van der Waals surface area contributed by atoms with Gasteiger partial charge in [0.1, 0.15) is 0 Å². The maximum Gasteiger partial charge on any atom is 0.482 e. The summed E-state index contributed by atoms with van der Waals surface area (Å²) >= 11 is 0. The number of hydrogen-bond donors (Lipinski definition) is 2. The fourth-order valence-electron chi connectivity index (χ4n) is 1.75. The molecular weight excluding hydrogens is 235 g/mol. The Morgan fingerprint density at radius 1 is 1.22 bits per heavy atom. The topological polar surface area (TPSA) is 90.7 Å². The van der Waals surface area contributed by atoms with Crippen molar-refractivity contribution in [1.29, 1.82) is 0 Å². The van der Waals surface area contributed by atoms with Crippen LogP contribution in [-0.4, -0.2) is 36.1 Å². The van der Waals surface area contributed by atoms with E-state index in [1.165, 1.54) is 6.92 Å². The Balaban J connectivity index is 2.82. The van der Waals surface area contributed by atoms with E-state index in [1.54, 1.807) is 0 Å². The molecule has 2 amide bonds. The predicted octanol–water partition coefficient (Wildman–Crippen LogP) is -0.00210. The van der Waals surface area contributed by atoms with Crippen molar-refractivity contribution in [2.45, 2.75) is 58.2 Å². The van der Waals surface area contributed by atoms with Crippen molar-refractivity contribution in [3.63, 3.8) is 0 Å². The van der Waals surface area contributed by atoms with Crippen molar-refractivity contribution in [2.24, 2.45) is 5.73 Å². The molecule has 0 aliphatic carbocycles. The monoisotopic (exact) mass is 256 g/mol. The van der Waals surface area contributed by atoms with E-state index < -0.39 is 30.2 Å². The largest absolute Gasteiger partial charge is 0.482 e. The Kier molecular flexibility index (Phi) is 4.07. The number of rotatable bonds is 4. The van der Waals surface area contributed by atoms with Crippen LogP contribution in [0.4, 0.5) is 0 Å². The van der Waals surface area contributed by atoms with Gasteiger partial charge in [0.15, 0.2) is 0 Å². The van der Waals surface area contributed by atoms with Crippen molar-refractivity contribution in [3.05, 3.63) is 0 Å². The SMILES string of the molecule is CC(=O)N[C@H](CC(N)=O)B1OC(C)(C)C(C)(C)O1. The first-order chi connectivity index (χ1) is 8.05. The molecule has 1 rings (SSSR count). The number of nitrogens with one attached hydrogen (secondary N) is 1. The van der Waals surface area contributed by atoms with Crippen molar-refractivity contribution < 1.29 is 18.9 Å². The molecule has 1 aliphatic heterocycles. The van der Waals surface area contributed by atoms with Gasteiger partial charge >= 0.3 is 7.12 Å². The van der Waals surface area contributed by atoms with E-state index in [-0.39, 0.29) is 12.3 Å². The average molecular weight is 256 g/mol. The van der Waals surface area contributed by atoms with Crippen molar-refractivity contribution in [2.75, 3.05) is 0 Å². The third-order valence-electron chi connectivity index (χ3n) is 3.41. The van der Waals surface area contributed by atoms with Crippen LogP contribution < -0.4 is 11.1 Å². The van der Waals surface area contributed by atoms with Crippen LogP contribution in [0.15, 0.2) is 0 Å². The van der Waals surface area contributed by atoms with Crippen LogP contribution >= 0.6 is 0 Å². The molecule has 6 nitrogen and oxygen atoms in total. The third kappa shape index (κ3) is 3.23. The van der Waals surface area contributed by atoms with Crippen LogP contribution in [0.2, 0.25) is 0 Å². The Hall–Kier alpha value is -1.08. The average Bonchev–Trinajstić information content (AvgIpc) is 2.33. The minimum atomic E-state index is -0.675. The number of nitrogens with two attached hydrogens (primary N) is 1. The molecule has 1 aliphatic rings. The molecule has 0 radical (unpaired) electrons. The zero-order chi connectivity index (χ0) is 14.1. The molecule has 1 fully saturated rings. The number of amides is 2. The first kappa shape index (κ1) is 15.0. The van der Waals surface area contributed by atoms with Crippen LogP contribution in [0.5, 0.6) is 0 Å². The Morgan fingerprint density at radius 3 is 2.00 bits per heavy atom. The smallest absolute Gasteiger partial charge is 0.402 e. The maximum atomic E-state index is 11.1. The molecule has 0 spiro atoms. The quantitative estimate of drug-likeness (QED) is 0.692. The van der Waals surface area contributed by atoms with Gasteiger partial charge in [0, 0.05) is 13.3 Å². The van der Waals surface area contributed by atoms with Gasteiger partial charge in [-0.2, -0.15) is 0 Å². The molecule has 0 aromatic carbocycles. The zero-order valence-electron chi connectivity index (χ0n) is 11.6. The second-order valence-electron chi connectivity index (χ2n) is 5.60. The van der Waals surface area contributed by atoms with Crippen LogP contribution in [0.3, 0.4) is 0 Å². The molecule has 102 valence electrons. The molecule has 18 heavy (non-hydrogen) atoms. The number of carbonyl (C=O) groups is 2. The highest BCUT2D eigenvalue weighted by Crippen LogP contribution is 2.37. The van der Waals surface area contributed by atoms with E-state index in [0.717, 1.165) is 0 Å². The summed E-state index contributed by atoms with van der Waals surface area (Å²) in [5, 5.41) is 2.64. The van der Waals surface area contributed by atoms with Gasteiger partial charge in [-0.1, -0.05) is 0 Å². The van der Waals surface area contributed by atoms with Gasteiger partial charge in [-0.05, 0) is 27.7 Å². The lowest BCUT2D eigenvalue weighted by molar-refractivity contribution is -0.120. The number of hydrogen-bond acceptors (Lipinski definition) is 4. The van der Waals surface area contributed by atoms with Crippen molar-refractivity contribution >= 4 is 18.9 Å². The first-order valence-corrected chi connectivity index (χ1v) is 5.96. The van der Waals surface area contributed by atoms with Gasteiger partial charge < -0.3 is 20.4 Å². The summed E-state index contributed by atoms with van der Waals surface area (Å²) < 4.78 is 11.6. The molecule has 1 saturated heterocycles. The fourth-order valence-corrected chi connectivity index (χ4v) is 1.75. The minimum Gasteiger partial charge on any atom is -0.402 e. The van der Waals surface area contributed by atoms with Crippen molar-refractivity contribution in [3.8, 4) is 0 Å². The van der Waals surface area contributed by atoms with Gasteiger partial charge in [0.05, 0.1) is 17.1 Å². The van der Waals surface area contributed by atoms with Gasteiger partial charge in [-0.25, -0.2) is 0 Å². The Labute approximate surface area is 108 Å². The van der Waals surface area contributed by atoms with Crippen LogP contribution in [0.25, 0.3) is 0 Å². The van der Waals surface area contributed by atoms with Crippen molar-refractivity contribution in [1.82, 2.24) is 5.32 Å². The Bertz CT molecular complexity index is 325. The molecule has 3 N–H and O–H groups in total. The lowest BCUT2D eigenvalue weighted by Gasteiger charge is -2.32. The first-order valence-electron chi connectivity index (χ1n) is 5.96. The summed E-state index contributed by atoms with van der Waals surface area (Å²) in [6, 6.07) is 0. The van der Waals surface area contributed by atoms with Gasteiger partial charge in [0.2, 0.25) is 11.8 Å². The van der Waals surface area contributed by atoms with E-state index in [4.69, 9.17) is 15.0 Å².